The number of hydrogen-bond acceptors (Lipinski definition) is 7. The summed E-state index contributed by atoms with van der Waals surface area (Å²) in [4.78, 5) is 30.7. The van der Waals surface area contributed by atoms with Crippen molar-refractivity contribution in [1.82, 2.24) is 9.80 Å². The van der Waals surface area contributed by atoms with E-state index in [1.54, 1.807) is 43.5 Å². The zero-order chi connectivity index (χ0) is 28.4. The zero-order valence-corrected chi connectivity index (χ0v) is 23.6. The highest BCUT2D eigenvalue weighted by Crippen LogP contribution is 2.42. The van der Waals surface area contributed by atoms with E-state index in [1.165, 1.54) is 11.0 Å². The first-order chi connectivity index (χ1) is 18.9. The van der Waals surface area contributed by atoms with Gasteiger partial charge in [0.2, 0.25) is 0 Å². The van der Waals surface area contributed by atoms with Crippen LogP contribution in [0.5, 0.6) is 17.2 Å². The molecule has 0 bridgehead atoms. The summed E-state index contributed by atoms with van der Waals surface area (Å²) in [6, 6.07) is 10.7. The Balaban J connectivity index is 1.98. The third-order valence-electron chi connectivity index (χ3n) is 7.03. The minimum Gasteiger partial charge on any atom is -0.507 e. The maximum Gasteiger partial charge on any atom is 0.295 e. The number of aliphatic hydroxyl groups excluding tert-OH is 1. The molecule has 8 nitrogen and oxygen atoms in total. The standard InChI is InChI=1S/C31H42N2O6/c1-5-8-17-32(18-9-6-2)19-10-20-33-28(23-13-16-25(34)26(21-23)39-7-3)27(30(36)31(33)37)29(35)22-11-14-24(38-4)15-12-22/h11-16,21,28,34-35H,5-10,17-20H2,1-4H3/b29-27-. The van der Waals surface area contributed by atoms with Crippen molar-refractivity contribution in [2.75, 3.05) is 39.9 Å². The summed E-state index contributed by atoms with van der Waals surface area (Å²) in [5, 5.41) is 21.6. The van der Waals surface area contributed by atoms with Crippen molar-refractivity contribution in [2.24, 2.45) is 0 Å². The molecular formula is C31H42N2O6. The summed E-state index contributed by atoms with van der Waals surface area (Å²) in [7, 11) is 1.55. The largest absolute Gasteiger partial charge is 0.507 e. The molecule has 0 aliphatic carbocycles. The summed E-state index contributed by atoms with van der Waals surface area (Å²) in [6.07, 6.45) is 5.15. The van der Waals surface area contributed by atoms with Crippen molar-refractivity contribution in [2.45, 2.75) is 58.9 Å². The van der Waals surface area contributed by atoms with Gasteiger partial charge in [0.15, 0.2) is 11.5 Å². The molecular weight excluding hydrogens is 496 g/mol. The van der Waals surface area contributed by atoms with Gasteiger partial charge in [0.1, 0.15) is 11.5 Å². The van der Waals surface area contributed by atoms with E-state index in [0.717, 1.165) is 45.3 Å². The smallest absolute Gasteiger partial charge is 0.295 e. The van der Waals surface area contributed by atoms with Crippen LogP contribution < -0.4 is 9.47 Å². The summed E-state index contributed by atoms with van der Waals surface area (Å²) >= 11 is 0. The van der Waals surface area contributed by atoms with Crippen LogP contribution in [0.15, 0.2) is 48.0 Å². The number of unbranched alkanes of at least 4 members (excludes halogenated alkanes) is 2. The fourth-order valence-electron chi connectivity index (χ4n) is 4.90. The van der Waals surface area contributed by atoms with E-state index in [2.05, 4.69) is 18.7 Å². The van der Waals surface area contributed by atoms with Gasteiger partial charge in [-0.1, -0.05) is 32.8 Å². The minimum absolute atomic E-state index is 0.0205. The molecule has 0 saturated carbocycles. The second-order valence-corrected chi connectivity index (χ2v) is 9.78. The van der Waals surface area contributed by atoms with Crippen LogP contribution in [0.1, 0.15) is 70.0 Å². The zero-order valence-electron chi connectivity index (χ0n) is 23.6. The molecule has 1 fully saturated rings. The van der Waals surface area contributed by atoms with Gasteiger partial charge >= 0.3 is 0 Å². The number of aliphatic hydroxyl groups is 1. The van der Waals surface area contributed by atoms with Gasteiger partial charge in [-0.3, -0.25) is 9.59 Å². The van der Waals surface area contributed by atoms with Crippen LogP contribution in [0.25, 0.3) is 5.76 Å². The lowest BCUT2D eigenvalue weighted by Crippen LogP contribution is -2.34. The van der Waals surface area contributed by atoms with Gasteiger partial charge in [0, 0.05) is 12.1 Å². The lowest BCUT2D eigenvalue weighted by Gasteiger charge is -2.28. The first-order valence-electron chi connectivity index (χ1n) is 14.0. The van der Waals surface area contributed by atoms with Crippen molar-refractivity contribution in [3.63, 3.8) is 0 Å². The molecule has 1 saturated heterocycles. The molecule has 2 aromatic carbocycles. The molecule has 0 spiro atoms. The number of likely N-dealkylation sites (tertiary alicyclic amines) is 1. The third kappa shape index (κ3) is 7.32. The van der Waals surface area contributed by atoms with Crippen molar-refractivity contribution < 1.29 is 29.3 Å². The summed E-state index contributed by atoms with van der Waals surface area (Å²) in [5.74, 6) is -0.783. The van der Waals surface area contributed by atoms with Gasteiger partial charge in [0.05, 0.1) is 25.3 Å². The number of carbonyl (C=O) groups excluding carboxylic acids is 2. The maximum atomic E-state index is 13.4. The van der Waals surface area contributed by atoms with E-state index in [4.69, 9.17) is 9.47 Å². The summed E-state index contributed by atoms with van der Waals surface area (Å²) < 4.78 is 10.8. The van der Waals surface area contributed by atoms with Gasteiger partial charge in [-0.15, -0.1) is 0 Å². The number of benzene rings is 2. The van der Waals surface area contributed by atoms with Crippen LogP contribution >= 0.6 is 0 Å². The first-order valence-corrected chi connectivity index (χ1v) is 14.0. The molecule has 1 aliphatic heterocycles. The average molecular weight is 539 g/mol. The first kappa shape index (κ1) is 30.0. The number of aromatic hydroxyl groups is 1. The number of ketones is 1. The highest BCUT2D eigenvalue weighted by atomic mass is 16.5. The number of ether oxygens (including phenoxy) is 2. The van der Waals surface area contributed by atoms with Crippen LogP contribution in [0, 0.1) is 0 Å². The highest BCUT2D eigenvalue weighted by molar-refractivity contribution is 6.46. The number of hydrogen-bond donors (Lipinski definition) is 2. The van der Waals surface area contributed by atoms with Crippen LogP contribution in [0.4, 0.5) is 0 Å². The third-order valence-corrected chi connectivity index (χ3v) is 7.03. The monoisotopic (exact) mass is 538 g/mol. The Bertz CT molecular complexity index is 1140. The Morgan fingerprint density at radius 1 is 0.949 bits per heavy atom. The quantitative estimate of drug-likeness (QED) is 0.175. The van der Waals surface area contributed by atoms with Gasteiger partial charge < -0.3 is 29.5 Å². The molecule has 212 valence electrons. The average Bonchev–Trinajstić information content (AvgIpc) is 3.20. The van der Waals surface area contributed by atoms with E-state index in [-0.39, 0.29) is 22.8 Å². The predicted molar refractivity (Wildman–Crippen MR) is 152 cm³/mol. The normalized spacial score (nSPS) is 16.7. The Kier molecular flexibility index (Phi) is 11.2. The molecule has 2 aromatic rings. The number of phenols is 1. The fraction of sp³-hybridized carbons (Fsp3) is 0.484. The van der Waals surface area contributed by atoms with Gasteiger partial charge in [-0.25, -0.2) is 0 Å². The van der Waals surface area contributed by atoms with Gasteiger partial charge in [-0.05, 0) is 87.8 Å². The summed E-state index contributed by atoms with van der Waals surface area (Å²) in [5.41, 5.74) is 1.01. The number of methoxy groups -OCH3 is 1. The van der Waals surface area contributed by atoms with E-state index < -0.39 is 17.7 Å². The van der Waals surface area contributed by atoms with Crippen molar-refractivity contribution in [3.05, 3.63) is 59.2 Å². The molecule has 8 heteroatoms. The molecule has 0 aromatic heterocycles. The Labute approximate surface area is 231 Å². The molecule has 1 aliphatic rings. The van der Waals surface area contributed by atoms with E-state index in [1.807, 2.05) is 6.92 Å². The number of Topliss-reactive ketones (excluding diaryl/α,β-unsaturated/α-hetero) is 1. The maximum absolute atomic E-state index is 13.4. The molecule has 3 rings (SSSR count). The predicted octanol–water partition coefficient (Wildman–Crippen LogP) is 5.51. The topological polar surface area (TPSA) is 99.5 Å². The molecule has 1 atom stereocenters. The number of amides is 1. The van der Waals surface area contributed by atoms with Crippen molar-refractivity contribution in [3.8, 4) is 17.2 Å². The van der Waals surface area contributed by atoms with Crippen LogP contribution in [-0.2, 0) is 9.59 Å². The number of phenolic OH excluding ortho intramolecular Hbond substituents is 1. The van der Waals surface area contributed by atoms with Crippen molar-refractivity contribution >= 4 is 17.4 Å². The molecule has 1 heterocycles. The van der Waals surface area contributed by atoms with E-state index in [9.17, 15) is 19.8 Å². The Hall–Kier alpha value is -3.52. The molecule has 2 N–H and O–H groups in total. The van der Waals surface area contributed by atoms with E-state index in [0.29, 0.717) is 36.4 Å². The Morgan fingerprint density at radius 2 is 1.59 bits per heavy atom. The van der Waals surface area contributed by atoms with Crippen molar-refractivity contribution in [1.29, 1.82) is 0 Å². The molecule has 1 amide bonds. The van der Waals surface area contributed by atoms with Gasteiger partial charge in [0.25, 0.3) is 11.7 Å². The second kappa shape index (κ2) is 14.6. The number of rotatable bonds is 15. The van der Waals surface area contributed by atoms with Crippen LogP contribution in [-0.4, -0.2) is 71.6 Å². The van der Waals surface area contributed by atoms with Crippen LogP contribution in [0.2, 0.25) is 0 Å². The Morgan fingerprint density at radius 3 is 2.18 bits per heavy atom. The second-order valence-electron chi connectivity index (χ2n) is 9.78. The fourth-order valence-corrected chi connectivity index (χ4v) is 4.90. The molecule has 39 heavy (non-hydrogen) atoms. The van der Waals surface area contributed by atoms with Gasteiger partial charge in [-0.2, -0.15) is 0 Å². The lowest BCUT2D eigenvalue weighted by atomic mass is 9.95. The SMILES string of the molecule is CCCCN(CCCC)CCCN1C(=O)C(=O)/C(=C(\O)c2ccc(OC)cc2)C1c1ccc(O)c(OCC)c1. The summed E-state index contributed by atoms with van der Waals surface area (Å²) in [6.45, 7) is 9.68. The molecule has 0 radical (unpaired) electrons. The number of nitrogens with zero attached hydrogens (tertiary/aromatic N) is 2. The number of carbonyl (C=O) groups is 2. The minimum atomic E-state index is -0.813. The lowest BCUT2D eigenvalue weighted by molar-refractivity contribution is -0.140. The highest BCUT2D eigenvalue weighted by Gasteiger charge is 2.46. The van der Waals surface area contributed by atoms with Crippen LogP contribution in [0.3, 0.4) is 0 Å². The van der Waals surface area contributed by atoms with E-state index >= 15 is 0 Å². The molecule has 1 unspecified atom stereocenters.